The van der Waals surface area contributed by atoms with E-state index in [0.717, 1.165) is 39.0 Å². The summed E-state index contributed by atoms with van der Waals surface area (Å²) in [5, 5.41) is 9.14. The van der Waals surface area contributed by atoms with Gasteiger partial charge in [-0.05, 0) is 39.8 Å². The van der Waals surface area contributed by atoms with Crippen molar-refractivity contribution in [2.75, 3.05) is 32.8 Å². The summed E-state index contributed by atoms with van der Waals surface area (Å²) in [6, 6.07) is 0. The summed E-state index contributed by atoms with van der Waals surface area (Å²) < 4.78 is 5.74. The first-order valence-corrected chi connectivity index (χ1v) is 5.78. The molecule has 0 bridgehead atoms. The number of aliphatic hydroxyl groups excluding tert-OH is 1. The van der Waals surface area contributed by atoms with Gasteiger partial charge in [-0.25, -0.2) is 0 Å². The van der Waals surface area contributed by atoms with Crippen LogP contribution in [0.4, 0.5) is 0 Å². The van der Waals surface area contributed by atoms with Crippen LogP contribution in [-0.4, -0.2) is 54.5 Å². The maximum absolute atomic E-state index is 9.14. The third kappa shape index (κ3) is 4.47. The van der Waals surface area contributed by atoms with Crippen LogP contribution in [0, 0.1) is 0 Å². The molecule has 15 heavy (non-hydrogen) atoms. The minimum Gasteiger partial charge on any atom is -0.394 e. The predicted molar refractivity (Wildman–Crippen MR) is 60.8 cm³/mol. The molecule has 4 heteroatoms. The summed E-state index contributed by atoms with van der Waals surface area (Å²) in [5.41, 5.74) is 5.32. The van der Waals surface area contributed by atoms with E-state index in [1.165, 1.54) is 0 Å². The maximum atomic E-state index is 9.14. The smallest absolute Gasteiger partial charge is 0.0940 e. The second kappa shape index (κ2) is 5.80. The van der Waals surface area contributed by atoms with Gasteiger partial charge in [0.25, 0.3) is 0 Å². The first-order chi connectivity index (χ1) is 7.07. The Hall–Kier alpha value is -0.160. The molecule has 1 aliphatic rings. The Labute approximate surface area is 92.4 Å². The standard InChI is InChI=1S/C11H24N2O2/c1-11(2)9-13(6-4-3-5-12)7-10(8-14)15-11/h10,14H,3-9,12H2,1-2H3. The Morgan fingerprint density at radius 3 is 2.80 bits per heavy atom. The van der Waals surface area contributed by atoms with Gasteiger partial charge in [-0.3, -0.25) is 4.90 Å². The largest absolute Gasteiger partial charge is 0.394 e. The highest BCUT2D eigenvalue weighted by molar-refractivity contribution is 4.83. The van der Waals surface area contributed by atoms with Crippen LogP contribution in [0.2, 0.25) is 0 Å². The van der Waals surface area contributed by atoms with Gasteiger partial charge < -0.3 is 15.6 Å². The molecule has 1 atom stereocenters. The highest BCUT2D eigenvalue weighted by Gasteiger charge is 2.32. The van der Waals surface area contributed by atoms with Crippen LogP contribution in [0.15, 0.2) is 0 Å². The van der Waals surface area contributed by atoms with E-state index in [4.69, 9.17) is 15.6 Å². The lowest BCUT2D eigenvalue weighted by atomic mass is 10.0. The quantitative estimate of drug-likeness (QED) is 0.644. The Balaban J connectivity index is 2.36. The van der Waals surface area contributed by atoms with Gasteiger partial charge in [-0.1, -0.05) is 0 Å². The third-order valence-corrected chi connectivity index (χ3v) is 2.68. The lowest BCUT2D eigenvalue weighted by Crippen LogP contribution is -2.53. The molecule has 1 aliphatic heterocycles. The molecule has 0 aromatic heterocycles. The maximum Gasteiger partial charge on any atom is 0.0940 e. The lowest BCUT2D eigenvalue weighted by Gasteiger charge is -2.42. The normalized spacial score (nSPS) is 26.8. The van der Waals surface area contributed by atoms with Crippen molar-refractivity contribution >= 4 is 0 Å². The first-order valence-electron chi connectivity index (χ1n) is 5.78. The molecule has 3 N–H and O–H groups in total. The Morgan fingerprint density at radius 1 is 1.47 bits per heavy atom. The van der Waals surface area contributed by atoms with Gasteiger partial charge in [0.15, 0.2) is 0 Å². The van der Waals surface area contributed by atoms with Gasteiger partial charge in [0.2, 0.25) is 0 Å². The second-order valence-electron chi connectivity index (χ2n) is 4.91. The molecular weight excluding hydrogens is 192 g/mol. The molecule has 1 heterocycles. The molecular formula is C11H24N2O2. The van der Waals surface area contributed by atoms with Crippen LogP contribution < -0.4 is 5.73 Å². The highest BCUT2D eigenvalue weighted by Crippen LogP contribution is 2.20. The van der Waals surface area contributed by atoms with E-state index in [0.29, 0.717) is 0 Å². The molecule has 0 aliphatic carbocycles. The van der Waals surface area contributed by atoms with Gasteiger partial charge in [0.1, 0.15) is 0 Å². The van der Waals surface area contributed by atoms with Crippen molar-refractivity contribution < 1.29 is 9.84 Å². The average molecular weight is 216 g/mol. The van der Waals surface area contributed by atoms with Crippen molar-refractivity contribution in [3.63, 3.8) is 0 Å². The molecule has 0 amide bonds. The van der Waals surface area contributed by atoms with Crippen LogP contribution >= 0.6 is 0 Å². The highest BCUT2D eigenvalue weighted by atomic mass is 16.5. The van der Waals surface area contributed by atoms with Crippen molar-refractivity contribution in [2.24, 2.45) is 5.73 Å². The molecule has 0 saturated carbocycles. The number of nitrogens with zero attached hydrogens (tertiary/aromatic N) is 1. The first kappa shape index (κ1) is 12.9. The molecule has 0 aromatic carbocycles. The summed E-state index contributed by atoms with van der Waals surface area (Å²) in [6.45, 7) is 7.85. The van der Waals surface area contributed by atoms with Gasteiger partial charge in [-0.2, -0.15) is 0 Å². The number of unbranched alkanes of at least 4 members (excludes halogenated alkanes) is 1. The number of rotatable bonds is 5. The van der Waals surface area contributed by atoms with E-state index < -0.39 is 0 Å². The minimum atomic E-state index is -0.144. The van der Waals surface area contributed by atoms with Crippen LogP contribution in [0.1, 0.15) is 26.7 Å². The number of hydrogen-bond acceptors (Lipinski definition) is 4. The number of hydrogen-bond donors (Lipinski definition) is 2. The average Bonchev–Trinajstić information content (AvgIpc) is 2.16. The topological polar surface area (TPSA) is 58.7 Å². The van der Waals surface area contributed by atoms with Gasteiger partial charge in [-0.15, -0.1) is 0 Å². The van der Waals surface area contributed by atoms with Crippen LogP contribution in [0.25, 0.3) is 0 Å². The fraction of sp³-hybridized carbons (Fsp3) is 1.00. The summed E-state index contributed by atoms with van der Waals surface area (Å²) in [7, 11) is 0. The van der Waals surface area contributed by atoms with Gasteiger partial charge >= 0.3 is 0 Å². The SMILES string of the molecule is CC1(C)CN(CCCCN)CC(CO)O1. The van der Waals surface area contributed by atoms with E-state index in [1.54, 1.807) is 0 Å². The van der Waals surface area contributed by atoms with Gasteiger partial charge in [0.05, 0.1) is 18.3 Å². The molecule has 90 valence electrons. The number of ether oxygens (including phenoxy) is 1. The zero-order chi connectivity index (χ0) is 11.3. The third-order valence-electron chi connectivity index (χ3n) is 2.68. The summed E-state index contributed by atoms with van der Waals surface area (Å²) in [6.07, 6.45) is 2.17. The fourth-order valence-corrected chi connectivity index (χ4v) is 2.16. The van der Waals surface area contributed by atoms with E-state index in [9.17, 15) is 0 Å². The zero-order valence-electron chi connectivity index (χ0n) is 9.91. The summed E-state index contributed by atoms with van der Waals surface area (Å²) >= 11 is 0. The zero-order valence-corrected chi connectivity index (χ0v) is 9.91. The molecule has 1 rings (SSSR count). The van der Waals surface area contributed by atoms with Gasteiger partial charge in [0, 0.05) is 13.1 Å². The Bertz CT molecular complexity index is 185. The van der Waals surface area contributed by atoms with Crippen LogP contribution in [0.5, 0.6) is 0 Å². The number of nitrogens with two attached hydrogens (primary N) is 1. The summed E-state index contributed by atoms with van der Waals surface area (Å²) in [5.74, 6) is 0. The molecule has 0 aromatic rings. The molecule has 0 radical (unpaired) electrons. The van der Waals surface area contributed by atoms with Crippen molar-refractivity contribution in [3.8, 4) is 0 Å². The van der Waals surface area contributed by atoms with Crippen molar-refractivity contribution in [1.29, 1.82) is 0 Å². The fourth-order valence-electron chi connectivity index (χ4n) is 2.16. The van der Waals surface area contributed by atoms with E-state index in [-0.39, 0.29) is 18.3 Å². The second-order valence-corrected chi connectivity index (χ2v) is 4.91. The van der Waals surface area contributed by atoms with Crippen molar-refractivity contribution in [2.45, 2.75) is 38.4 Å². The van der Waals surface area contributed by atoms with Crippen LogP contribution in [0.3, 0.4) is 0 Å². The van der Waals surface area contributed by atoms with Crippen molar-refractivity contribution in [1.82, 2.24) is 4.90 Å². The monoisotopic (exact) mass is 216 g/mol. The van der Waals surface area contributed by atoms with Crippen molar-refractivity contribution in [3.05, 3.63) is 0 Å². The number of aliphatic hydroxyl groups is 1. The van der Waals surface area contributed by atoms with E-state index >= 15 is 0 Å². The van der Waals surface area contributed by atoms with E-state index in [2.05, 4.69) is 18.7 Å². The Morgan fingerprint density at radius 2 is 2.20 bits per heavy atom. The molecule has 1 fully saturated rings. The predicted octanol–water partition coefficient (Wildman–Crippen LogP) is 0.197. The molecule has 0 spiro atoms. The summed E-state index contributed by atoms with van der Waals surface area (Å²) in [4.78, 5) is 2.36. The minimum absolute atomic E-state index is 0.0355. The van der Waals surface area contributed by atoms with E-state index in [1.807, 2.05) is 0 Å². The number of morpholine rings is 1. The molecule has 4 nitrogen and oxygen atoms in total. The molecule has 1 unspecified atom stereocenters. The van der Waals surface area contributed by atoms with Crippen LogP contribution in [-0.2, 0) is 4.74 Å². The lowest BCUT2D eigenvalue weighted by molar-refractivity contribution is -0.148. The molecule has 1 saturated heterocycles. The Kier molecular flexibility index (Phi) is 4.99.